The second-order valence-electron chi connectivity index (χ2n) is 4.96. The van der Waals surface area contributed by atoms with Crippen molar-refractivity contribution in [3.05, 3.63) is 35.9 Å². The quantitative estimate of drug-likeness (QED) is 0.765. The Hall–Kier alpha value is -2.08. The summed E-state index contributed by atoms with van der Waals surface area (Å²) in [4.78, 5) is 22.7. The molecule has 0 saturated heterocycles. The molecule has 1 aliphatic carbocycles. The van der Waals surface area contributed by atoms with E-state index in [4.69, 9.17) is 14.6 Å². The van der Waals surface area contributed by atoms with Crippen molar-refractivity contribution in [1.29, 1.82) is 0 Å². The number of carbonyl (C=O) groups is 2. The van der Waals surface area contributed by atoms with Gasteiger partial charge in [0.05, 0.1) is 6.10 Å². The first-order valence-corrected chi connectivity index (χ1v) is 6.97. The van der Waals surface area contributed by atoms with Crippen LogP contribution in [0.15, 0.2) is 30.3 Å². The summed E-state index contributed by atoms with van der Waals surface area (Å²) >= 11 is 0. The van der Waals surface area contributed by atoms with Crippen LogP contribution in [0.5, 0.6) is 0 Å². The highest BCUT2D eigenvalue weighted by Gasteiger charge is 2.25. The normalized spacial score (nSPS) is 15.2. The van der Waals surface area contributed by atoms with E-state index in [-0.39, 0.29) is 19.1 Å². The lowest BCUT2D eigenvalue weighted by molar-refractivity contribution is -0.139. The van der Waals surface area contributed by atoms with Gasteiger partial charge in [-0.2, -0.15) is 0 Å². The summed E-state index contributed by atoms with van der Waals surface area (Å²) in [6, 6.07) is 8.20. The smallest absolute Gasteiger partial charge is 0.408 e. The Morgan fingerprint density at radius 1 is 1.29 bits per heavy atom. The Morgan fingerprint density at radius 3 is 2.62 bits per heavy atom. The Balaban J connectivity index is 1.70. The number of nitrogens with one attached hydrogen (secondary N) is 1. The molecule has 1 saturated carbocycles. The summed E-state index contributed by atoms with van der Waals surface area (Å²) in [5.74, 6) is -1.09. The first kappa shape index (κ1) is 15.3. The lowest BCUT2D eigenvalue weighted by Gasteiger charge is -2.14. The third-order valence-electron chi connectivity index (χ3n) is 3.09. The number of hydrogen-bond acceptors (Lipinski definition) is 4. The summed E-state index contributed by atoms with van der Waals surface area (Å²) in [5.41, 5.74) is 0.844. The summed E-state index contributed by atoms with van der Waals surface area (Å²) in [6.45, 7) is 0.429. The van der Waals surface area contributed by atoms with Gasteiger partial charge in [-0.05, 0) is 18.4 Å². The molecular weight excluding hydrogens is 274 g/mol. The molecule has 0 aliphatic heterocycles. The lowest BCUT2D eigenvalue weighted by atomic mass is 10.2. The van der Waals surface area contributed by atoms with Gasteiger partial charge in [-0.25, -0.2) is 9.59 Å². The van der Waals surface area contributed by atoms with Crippen LogP contribution in [0.3, 0.4) is 0 Å². The molecule has 21 heavy (non-hydrogen) atoms. The lowest BCUT2D eigenvalue weighted by Crippen LogP contribution is -2.41. The SMILES string of the molecule is O=C(NC(CCOC1CC1)C(=O)O)OCc1ccccc1. The molecule has 6 heteroatoms. The van der Waals surface area contributed by atoms with E-state index in [0.717, 1.165) is 18.4 Å². The third kappa shape index (κ3) is 5.83. The average molecular weight is 293 g/mol. The van der Waals surface area contributed by atoms with Crippen molar-refractivity contribution >= 4 is 12.1 Å². The van der Waals surface area contributed by atoms with E-state index in [9.17, 15) is 9.59 Å². The number of carbonyl (C=O) groups excluding carboxylic acids is 1. The Morgan fingerprint density at radius 2 is 2.00 bits per heavy atom. The Bertz CT molecular complexity index is 472. The molecule has 0 radical (unpaired) electrons. The summed E-state index contributed by atoms with van der Waals surface area (Å²) in [7, 11) is 0. The fourth-order valence-electron chi connectivity index (χ4n) is 1.75. The zero-order valence-corrected chi connectivity index (χ0v) is 11.7. The fourth-order valence-corrected chi connectivity index (χ4v) is 1.75. The monoisotopic (exact) mass is 293 g/mol. The molecule has 6 nitrogen and oxygen atoms in total. The maximum atomic E-state index is 11.6. The van der Waals surface area contributed by atoms with Gasteiger partial charge in [0, 0.05) is 13.0 Å². The molecule has 2 N–H and O–H groups in total. The van der Waals surface area contributed by atoms with Crippen LogP contribution < -0.4 is 5.32 Å². The van der Waals surface area contributed by atoms with Gasteiger partial charge < -0.3 is 19.9 Å². The minimum absolute atomic E-state index is 0.109. The minimum Gasteiger partial charge on any atom is -0.480 e. The second-order valence-corrected chi connectivity index (χ2v) is 4.96. The van der Waals surface area contributed by atoms with E-state index in [1.54, 1.807) is 0 Å². The topological polar surface area (TPSA) is 84.9 Å². The fraction of sp³-hybridized carbons (Fsp3) is 0.467. The van der Waals surface area contributed by atoms with Crippen LogP contribution in [0, 0.1) is 0 Å². The standard InChI is InChI=1S/C15H19NO5/c17-14(18)13(8-9-20-12-6-7-12)16-15(19)21-10-11-4-2-1-3-5-11/h1-5,12-13H,6-10H2,(H,16,19)(H,17,18). The van der Waals surface area contributed by atoms with Crippen molar-refractivity contribution in [2.75, 3.05) is 6.61 Å². The van der Waals surface area contributed by atoms with Crippen molar-refractivity contribution in [2.45, 2.75) is 38.0 Å². The molecule has 0 bridgehead atoms. The number of benzene rings is 1. The molecule has 0 heterocycles. The van der Waals surface area contributed by atoms with Crippen LogP contribution in [-0.4, -0.2) is 35.9 Å². The molecule has 114 valence electrons. The van der Waals surface area contributed by atoms with E-state index in [2.05, 4.69) is 5.32 Å². The zero-order chi connectivity index (χ0) is 15.1. The molecule has 1 aromatic carbocycles. The summed E-state index contributed by atoms with van der Waals surface area (Å²) in [5, 5.41) is 11.4. The number of rotatable bonds is 8. The van der Waals surface area contributed by atoms with E-state index in [0.29, 0.717) is 6.61 Å². The first-order valence-electron chi connectivity index (χ1n) is 6.97. The van der Waals surface area contributed by atoms with E-state index >= 15 is 0 Å². The largest absolute Gasteiger partial charge is 0.480 e. The van der Waals surface area contributed by atoms with E-state index in [1.165, 1.54) is 0 Å². The highest BCUT2D eigenvalue weighted by Crippen LogP contribution is 2.23. The number of hydrogen-bond donors (Lipinski definition) is 2. The number of carboxylic acids is 1. The van der Waals surface area contributed by atoms with Gasteiger partial charge in [-0.15, -0.1) is 0 Å². The van der Waals surface area contributed by atoms with Crippen LogP contribution in [0.25, 0.3) is 0 Å². The minimum atomic E-state index is -1.09. The maximum Gasteiger partial charge on any atom is 0.408 e. The Kier molecular flexibility index (Phi) is 5.57. The second kappa shape index (κ2) is 7.64. The van der Waals surface area contributed by atoms with Crippen LogP contribution in [-0.2, 0) is 20.9 Å². The van der Waals surface area contributed by atoms with Gasteiger partial charge in [0.1, 0.15) is 12.6 Å². The molecule has 2 rings (SSSR count). The number of alkyl carbamates (subject to hydrolysis) is 1. The zero-order valence-electron chi connectivity index (χ0n) is 11.7. The van der Waals surface area contributed by atoms with Gasteiger partial charge >= 0.3 is 12.1 Å². The van der Waals surface area contributed by atoms with Crippen molar-refractivity contribution in [2.24, 2.45) is 0 Å². The number of amides is 1. The highest BCUT2D eigenvalue weighted by atomic mass is 16.5. The number of carboxylic acid groups (broad SMARTS) is 1. The molecule has 1 aromatic rings. The van der Waals surface area contributed by atoms with Gasteiger partial charge in [-0.3, -0.25) is 0 Å². The van der Waals surface area contributed by atoms with Gasteiger partial charge in [0.15, 0.2) is 0 Å². The van der Waals surface area contributed by atoms with Gasteiger partial charge in [0.2, 0.25) is 0 Å². The van der Waals surface area contributed by atoms with Crippen molar-refractivity contribution in [1.82, 2.24) is 5.32 Å². The van der Waals surface area contributed by atoms with Crippen molar-refractivity contribution in [3.63, 3.8) is 0 Å². The summed E-state index contributed by atoms with van der Waals surface area (Å²) < 4.78 is 10.4. The molecule has 1 fully saturated rings. The van der Waals surface area contributed by atoms with E-state index < -0.39 is 18.1 Å². The number of aliphatic carboxylic acids is 1. The third-order valence-corrected chi connectivity index (χ3v) is 3.09. The molecule has 1 unspecified atom stereocenters. The molecule has 1 amide bonds. The van der Waals surface area contributed by atoms with Crippen LogP contribution in [0.2, 0.25) is 0 Å². The predicted molar refractivity (Wildman–Crippen MR) is 74.8 cm³/mol. The molecule has 1 aliphatic rings. The highest BCUT2D eigenvalue weighted by molar-refractivity contribution is 5.79. The summed E-state index contributed by atoms with van der Waals surface area (Å²) in [6.07, 6.45) is 1.82. The maximum absolute atomic E-state index is 11.6. The van der Waals surface area contributed by atoms with E-state index in [1.807, 2.05) is 30.3 Å². The van der Waals surface area contributed by atoms with Gasteiger partial charge in [-0.1, -0.05) is 30.3 Å². The average Bonchev–Trinajstić information content (AvgIpc) is 3.29. The van der Waals surface area contributed by atoms with Crippen LogP contribution >= 0.6 is 0 Å². The first-order chi connectivity index (χ1) is 10.1. The van der Waals surface area contributed by atoms with Crippen molar-refractivity contribution < 1.29 is 24.2 Å². The molecule has 0 spiro atoms. The number of ether oxygens (including phenoxy) is 2. The van der Waals surface area contributed by atoms with Crippen LogP contribution in [0.4, 0.5) is 4.79 Å². The Labute approximate surface area is 123 Å². The molecule has 0 aromatic heterocycles. The van der Waals surface area contributed by atoms with Crippen molar-refractivity contribution in [3.8, 4) is 0 Å². The van der Waals surface area contributed by atoms with Crippen LogP contribution in [0.1, 0.15) is 24.8 Å². The molecular formula is C15H19NO5. The predicted octanol–water partition coefficient (Wildman–Crippen LogP) is 1.94. The molecule has 1 atom stereocenters. The van der Waals surface area contributed by atoms with Gasteiger partial charge in [0.25, 0.3) is 0 Å².